The van der Waals surface area contributed by atoms with Crippen molar-refractivity contribution in [2.24, 2.45) is 0 Å². The van der Waals surface area contributed by atoms with Crippen LogP contribution >= 0.6 is 11.6 Å². The molecule has 0 radical (unpaired) electrons. The lowest BCUT2D eigenvalue weighted by Crippen LogP contribution is -2.28. The quantitative estimate of drug-likeness (QED) is 0.806. The number of alkyl halides is 1. The van der Waals surface area contributed by atoms with E-state index < -0.39 is 0 Å². The number of benzene rings is 1. The number of hydrogen-bond donors (Lipinski definition) is 0. The van der Waals surface area contributed by atoms with Crippen molar-refractivity contribution in [2.45, 2.75) is 50.6 Å². The first-order valence-electron chi connectivity index (χ1n) is 7.46. The summed E-state index contributed by atoms with van der Waals surface area (Å²) in [5.41, 5.74) is 2.01. The molecule has 114 valence electrons. The van der Waals surface area contributed by atoms with E-state index >= 15 is 0 Å². The monoisotopic (exact) mass is 309 g/mol. The molecule has 0 bridgehead atoms. The first-order chi connectivity index (χ1) is 10.0. The van der Waals surface area contributed by atoms with Gasteiger partial charge in [-0.3, -0.25) is 4.57 Å². The van der Waals surface area contributed by atoms with Crippen molar-refractivity contribution >= 4 is 22.7 Å². The third-order valence-corrected chi connectivity index (χ3v) is 4.93. The summed E-state index contributed by atoms with van der Waals surface area (Å²) >= 11 is 6.61. The molecule has 0 amide bonds. The van der Waals surface area contributed by atoms with Gasteiger partial charge >= 0.3 is 5.76 Å². The zero-order valence-electron chi connectivity index (χ0n) is 12.4. The van der Waals surface area contributed by atoms with Crippen LogP contribution in [0.25, 0.3) is 11.1 Å². The van der Waals surface area contributed by atoms with Gasteiger partial charge in [-0.2, -0.15) is 0 Å². The average Bonchev–Trinajstić information content (AvgIpc) is 3.04. The lowest BCUT2D eigenvalue weighted by Gasteiger charge is -2.29. The summed E-state index contributed by atoms with van der Waals surface area (Å²) in [7, 11) is 0. The minimum atomic E-state index is -0.346. The molecule has 0 spiro atoms. The van der Waals surface area contributed by atoms with Crippen molar-refractivity contribution in [1.82, 2.24) is 4.57 Å². The standard InChI is InChI=1S/C16H20ClNO3/c1-3-8-18-12-6-5-11(10-13(12)21-15(18)19)14(17)16(2)7-4-9-20-16/h5-6,10,14H,3-4,7-9H2,1-2H3. The van der Waals surface area contributed by atoms with Crippen LogP contribution in [0, 0.1) is 0 Å². The number of nitrogens with zero attached hydrogens (tertiary/aromatic N) is 1. The summed E-state index contributed by atoms with van der Waals surface area (Å²) in [5, 5.41) is -0.246. The predicted molar refractivity (Wildman–Crippen MR) is 83.0 cm³/mol. The number of rotatable bonds is 4. The molecule has 0 aliphatic carbocycles. The lowest BCUT2D eigenvalue weighted by atomic mass is 9.93. The van der Waals surface area contributed by atoms with Gasteiger partial charge in [0.25, 0.3) is 0 Å². The summed E-state index contributed by atoms with van der Waals surface area (Å²) in [6.45, 7) is 5.49. The molecule has 2 unspecified atom stereocenters. The van der Waals surface area contributed by atoms with E-state index in [4.69, 9.17) is 20.8 Å². The Balaban J connectivity index is 2.00. The van der Waals surface area contributed by atoms with E-state index in [1.165, 1.54) is 0 Å². The number of hydrogen-bond acceptors (Lipinski definition) is 3. The fourth-order valence-corrected chi connectivity index (χ4v) is 3.34. The Bertz CT molecular complexity index is 697. The molecule has 1 aliphatic rings. The van der Waals surface area contributed by atoms with E-state index in [2.05, 4.69) is 0 Å². The number of aromatic nitrogens is 1. The maximum atomic E-state index is 11.9. The number of oxazole rings is 1. The molecule has 5 heteroatoms. The predicted octanol–water partition coefficient (Wildman–Crippen LogP) is 3.85. The topological polar surface area (TPSA) is 44.4 Å². The molecule has 3 rings (SSSR count). The highest BCUT2D eigenvalue weighted by Crippen LogP contribution is 2.42. The number of fused-ring (bicyclic) bond motifs is 1. The van der Waals surface area contributed by atoms with E-state index in [1.54, 1.807) is 4.57 Å². The molecule has 0 saturated carbocycles. The van der Waals surface area contributed by atoms with Crippen LogP contribution in [-0.4, -0.2) is 16.8 Å². The van der Waals surface area contributed by atoms with Gasteiger partial charge in [0.15, 0.2) is 5.58 Å². The molecule has 2 aromatic rings. The average molecular weight is 310 g/mol. The number of halogens is 1. The van der Waals surface area contributed by atoms with Gasteiger partial charge < -0.3 is 9.15 Å². The Hall–Kier alpha value is -1.26. The Labute approximate surface area is 128 Å². The van der Waals surface area contributed by atoms with Gasteiger partial charge in [0, 0.05) is 13.2 Å². The molecule has 4 nitrogen and oxygen atoms in total. The third-order valence-electron chi connectivity index (χ3n) is 4.22. The summed E-state index contributed by atoms with van der Waals surface area (Å²) in [5.74, 6) is -0.307. The number of aryl methyl sites for hydroxylation is 1. The summed E-state index contributed by atoms with van der Waals surface area (Å²) in [4.78, 5) is 11.9. The van der Waals surface area contributed by atoms with Crippen molar-refractivity contribution in [2.75, 3.05) is 6.61 Å². The van der Waals surface area contributed by atoms with E-state index in [0.29, 0.717) is 12.1 Å². The molecule has 1 aromatic carbocycles. The molecule has 1 aromatic heterocycles. The SMILES string of the molecule is CCCn1c(=O)oc2cc(C(Cl)C3(C)CCCO3)ccc21. The smallest absolute Gasteiger partial charge is 0.408 e. The van der Waals surface area contributed by atoms with Crippen molar-refractivity contribution in [3.63, 3.8) is 0 Å². The van der Waals surface area contributed by atoms with Crippen LogP contribution < -0.4 is 5.76 Å². The maximum absolute atomic E-state index is 11.9. The normalized spacial score (nSPS) is 23.8. The summed E-state index contributed by atoms with van der Waals surface area (Å²) in [6.07, 6.45) is 2.87. The van der Waals surface area contributed by atoms with E-state index in [0.717, 1.165) is 36.9 Å². The second-order valence-electron chi connectivity index (χ2n) is 5.87. The second-order valence-corrected chi connectivity index (χ2v) is 6.31. The fraction of sp³-hybridized carbons (Fsp3) is 0.562. The first-order valence-corrected chi connectivity index (χ1v) is 7.90. The van der Waals surface area contributed by atoms with Gasteiger partial charge in [0.2, 0.25) is 0 Å². The van der Waals surface area contributed by atoms with E-state index in [-0.39, 0.29) is 16.7 Å². The highest BCUT2D eigenvalue weighted by atomic mass is 35.5. The Kier molecular flexibility index (Phi) is 3.84. The molecular weight excluding hydrogens is 290 g/mol. The molecule has 0 N–H and O–H groups in total. The van der Waals surface area contributed by atoms with Crippen LogP contribution in [0.15, 0.2) is 27.4 Å². The Morgan fingerprint density at radius 3 is 2.95 bits per heavy atom. The molecule has 2 heterocycles. The van der Waals surface area contributed by atoms with Crippen LogP contribution in [0.1, 0.15) is 44.1 Å². The molecule has 1 fully saturated rings. The van der Waals surface area contributed by atoms with Crippen molar-refractivity contribution in [3.8, 4) is 0 Å². The second kappa shape index (κ2) is 5.50. The van der Waals surface area contributed by atoms with Gasteiger partial charge in [-0.25, -0.2) is 4.79 Å². The van der Waals surface area contributed by atoms with E-state index in [9.17, 15) is 4.79 Å². The van der Waals surface area contributed by atoms with Crippen molar-refractivity contribution in [3.05, 3.63) is 34.3 Å². The molecule has 21 heavy (non-hydrogen) atoms. The third kappa shape index (κ3) is 2.51. The minimum Gasteiger partial charge on any atom is -0.408 e. The van der Waals surface area contributed by atoms with Crippen LogP contribution in [-0.2, 0) is 11.3 Å². The molecular formula is C16H20ClNO3. The van der Waals surface area contributed by atoms with Crippen LogP contribution in [0.5, 0.6) is 0 Å². The molecule has 1 saturated heterocycles. The summed E-state index contributed by atoms with van der Waals surface area (Å²) in [6, 6.07) is 5.75. The molecule has 2 atom stereocenters. The van der Waals surface area contributed by atoms with Crippen molar-refractivity contribution < 1.29 is 9.15 Å². The van der Waals surface area contributed by atoms with E-state index in [1.807, 2.05) is 32.0 Å². The van der Waals surface area contributed by atoms with Crippen LogP contribution in [0.4, 0.5) is 0 Å². The highest BCUT2D eigenvalue weighted by molar-refractivity contribution is 6.21. The van der Waals surface area contributed by atoms with Gasteiger partial charge in [0.1, 0.15) is 0 Å². The first kappa shape index (κ1) is 14.7. The van der Waals surface area contributed by atoms with Gasteiger partial charge in [-0.1, -0.05) is 13.0 Å². The lowest BCUT2D eigenvalue weighted by molar-refractivity contribution is 0.0164. The zero-order chi connectivity index (χ0) is 15.0. The van der Waals surface area contributed by atoms with Gasteiger partial charge in [-0.05, 0) is 43.9 Å². The van der Waals surface area contributed by atoms with Gasteiger partial charge in [-0.15, -0.1) is 11.6 Å². The highest BCUT2D eigenvalue weighted by Gasteiger charge is 2.38. The van der Waals surface area contributed by atoms with Crippen LogP contribution in [0.2, 0.25) is 0 Å². The number of ether oxygens (including phenoxy) is 1. The Morgan fingerprint density at radius 2 is 2.29 bits per heavy atom. The fourth-order valence-electron chi connectivity index (χ4n) is 3.03. The maximum Gasteiger partial charge on any atom is 0.419 e. The van der Waals surface area contributed by atoms with Crippen molar-refractivity contribution in [1.29, 1.82) is 0 Å². The van der Waals surface area contributed by atoms with Crippen LogP contribution in [0.3, 0.4) is 0 Å². The molecule has 1 aliphatic heterocycles. The van der Waals surface area contributed by atoms with Gasteiger partial charge in [0.05, 0.1) is 16.5 Å². The zero-order valence-corrected chi connectivity index (χ0v) is 13.2. The Morgan fingerprint density at radius 1 is 1.48 bits per heavy atom. The summed E-state index contributed by atoms with van der Waals surface area (Å²) < 4.78 is 12.8. The largest absolute Gasteiger partial charge is 0.419 e. The minimum absolute atomic E-state index is 0.246.